The molecule has 0 radical (unpaired) electrons. The number of carboxylic acids is 1. The Kier molecular flexibility index (Phi) is 8.32. The van der Waals surface area contributed by atoms with Crippen molar-refractivity contribution in [3.8, 4) is 0 Å². The Morgan fingerprint density at radius 2 is 0.879 bits per heavy atom. The van der Waals surface area contributed by atoms with Gasteiger partial charge >= 0.3 is 53.6 Å². The Hall–Kier alpha value is -1.76. The third-order valence-corrected chi connectivity index (χ3v) is 3.81. The zero-order valence-electron chi connectivity index (χ0n) is 15.0. The van der Waals surface area contributed by atoms with Gasteiger partial charge in [0.15, 0.2) is 0 Å². The number of rotatable bonds is 12. The molecular weight excluding hydrogens is 527 g/mol. The van der Waals surface area contributed by atoms with Crippen LogP contribution >= 0.6 is 0 Å². The van der Waals surface area contributed by atoms with E-state index < -0.39 is 79.7 Å². The molecule has 0 rings (SSSR count). The third-order valence-electron chi connectivity index (χ3n) is 3.81. The quantitative estimate of drug-likeness (QED) is 0.251. The number of hydrogen-bond acceptors (Lipinski definition) is 2. The maximum atomic E-state index is 13.4. The van der Waals surface area contributed by atoms with Crippen LogP contribution in [0, 0.1) is 0 Å². The van der Waals surface area contributed by atoms with Crippen molar-refractivity contribution in [2.45, 2.75) is 60.5 Å². The molecule has 0 atom stereocenters. The topological polar surface area (TPSA) is 46.5 Å². The lowest BCUT2D eigenvalue weighted by Crippen LogP contribution is -2.74. The molecule has 0 aliphatic carbocycles. The van der Waals surface area contributed by atoms with Gasteiger partial charge in [0.1, 0.15) is 0 Å². The summed E-state index contributed by atoms with van der Waals surface area (Å²) in [6, 6.07) is 0. The first-order valence-corrected chi connectivity index (χ1v) is 7.67. The van der Waals surface area contributed by atoms with E-state index in [0.29, 0.717) is 0 Å². The van der Waals surface area contributed by atoms with Crippen LogP contribution in [0.4, 0.5) is 74.6 Å². The number of ether oxygens (including phenoxy) is 1. The summed E-state index contributed by atoms with van der Waals surface area (Å²) >= 11 is 0. The molecule has 0 unspecified atom stereocenters. The van der Waals surface area contributed by atoms with Gasteiger partial charge in [0, 0.05) is 6.42 Å². The Balaban J connectivity index is 6.19. The summed E-state index contributed by atoms with van der Waals surface area (Å²) in [6.45, 7) is -2.86. The van der Waals surface area contributed by atoms with Gasteiger partial charge in [-0.1, -0.05) is 0 Å². The third kappa shape index (κ3) is 4.89. The van der Waals surface area contributed by atoms with E-state index >= 15 is 0 Å². The molecule has 0 aromatic carbocycles. The first-order valence-electron chi connectivity index (χ1n) is 7.67. The summed E-state index contributed by atoms with van der Waals surface area (Å²) < 4.78 is 225. The van der Waals surface area contributed by atoms with Gasteiger partial charge in [0.05, 0.1) is 19.6 Å². The molecule has 0 fully saturated rings. The molecule has 0 spiro atoms. The molecule has 3 nitrogen and oxygen atoms in total. The van der Waals surface area contributed by atoms with Crippen LogP contribution in [0.1, 0.15) is 12.8 Å². The summed E-state index contributed by atoms with van der Waals surface area (Å²) in [7, 11) is 0. The monoisotopic (exact) mass is 536 g/mol. The molecule has 0 heterocycles. The maximum Gasteiger partial charge on any atom is 0.460 e. The van der Waals surface area contributed by atoms with Crippen molar-refractivity contribution < 1.29 is 89.3 Å². The summed E-state index contributed by atoms with van der Waals surface area (Å²) in [5.41, 5.74) is 0. The number of carboxylic acid groups (broad SMARTS) is 1. The van der Waals surface area contributed by atoms with E-state index in [1.165, 1.54) is 0 Å². The van der Waals surface area contributed by atoms with Crippen molar-refractivity contribution >= 4 is 5.97 Å². The van der Waals surface area contributed by atoms with Crippen LogP contribution in [0.15, 0.2) is 0 Å². The van der Waals surface area contributed by atoms with E-state index in [9.17, 15) is 79.4 Å². The summed E-state index contributed by atoms with van der Waals surface area (Å²) in [4.78, 5) is 10.1. The molecule has 0 saturated heterocycles. The van der Waals surface area contributed by atoms with Gasteiger partial charge in [-0.2, -0.15) is 74.6 Å². The van der Waals surface area contributed by atoms with Crippen LogP contribution in [0.2, 0.25) is 0 Å². The first-order chi connectivity index (χ1) is 14.2. The highest BCUT2D eigenvalue weighted by molar-refractivity contribution is 5.66. The fourth-order valence-electron chi connectivity index (χ4n) is 1.82. The van der Waals surface area contributed by atoms with Gasteiger partial charge in [-0.15, -0.1) is 0 Å². The van der Waals surface area contributed by atoms with E-state index in [-0.39, 0.29) is 0 Å². The van der Waals surface area contributed by atoms with Crippen molar-refractivity contribution in [1.82, 2.24) is 0 Å². The lowest BCUT2D eigenvalue weighted by atomic mass is 9.88. The molecule has 33 heavy (non-hydrogen) atoms. The summed E-state index contributed by atoms with van der Waals surface area (Å²) in [5, 5.41) is 8.16. The number of carbonyl (C=O) groups is 1. The molecule has 198 valence electrons. The molecule has 0 saturated carbocycles. The lowest BCUT2D eigenvalue weighted by Gasteiger charge is -2.42. The Labute approximate surface area is 170 Å². The predicted molar refractivity (Wildman–Crippen MR) is 68.4 cm³/mol. The molecule has 0 bridgehead atoms. The van der Waals surface area contributed by atoms with Crippen LogP contribution < -0.4 is 0 Å². The zero-order valence-corrected chi connectivity index (χ0v) is 15.0. The summed E-state index contributed by atoms with van der Waals surface area (Å²) in [6.07, 6.45) is -11.5. The van der Waals surface area contributed by atoms with Crippen molar-refractivity contribution in [3.63, 3.8) is 0 Å². The molecule has 0 aromatic heterocycles. The van der Waals surface area contributed by atoms with Crippen molar-refractivity contribution in [2.75, 3.05) is 13.2 Å². The first kappa shape index (κ1) is 31.2. The average molecular weight is 536 g/mol. The van der Waals surface area contributed by atoms with E-state index in [0.717, 1.165) is 0 Å². The highest BCUT2D eigenvalue weighted by Crippen LogP contribution is 2.64. The van der Waals surface area contributed by atoms with Gasteiger partial charge in [0.25, 0.3) is 0 Å². The largest absolute Gasteiger partial charge is 0.481 e. The fraction of sp³-hybridized carbons (Fsp3) is 0.923. The van der Waals surface area contributed by atoms with Gasteiger partial charge in [-0.25, -0.2) is 0 Å². The highest BCUT2D eigenvalue weighted by Gasteiger charge is 2.95. The smallest absolute Gasteiger partial charge is 0.460 e. The van der Waals surface area contributed by atoms with Crippen molar-refractivity contribution in [1.29, 1.82) is 0 Å². The molecule has 0 aliphatic rings. The van der Waals surface area contributed by atoms with Crippen LogP contribution in [0.25, 0.3) is 0 Å². The lowest BCUT2D eigenvalue weighted by molar-refractivity contribution is -0.462. The zero-order chi connectivity index (χ0) is 27.1. The minimum atomic E-state index is -8.67. The molecule has 0 aliphatic heterocycles. The van der Waals surface area contributed by atoms with E-state index in [1.54, 1.807) is 0 Å². The Bertz CT molecular complexity index is 697. The van der Waals surface area contributed by atoms with Crippen molar-refractivity contribution in [2.24, 2.45) is 0 Å². The predicted octanol–water partition coefficient (Wildman–Crippen LogP) is 5.88. The number of halogens is 17. The van der Waals surface area contributed by atoms with Crippen LogP contribution in [0.5, 0.6) is 0 Å². The second-order valence-corrected chi connectivity index (χ2v) is 6.15. The van der Waals surface area contributed by atoms with Gasteiger partial charge in [0.2, 0.25) is 0 Å². The maximum absolute atomic E-state index is 13.4. The minimum absolute atomic E-state index is 0.981. The van der Waals surface area contributed by atoms with Gasteiger partial charge in [-0.3, -0.25) is 4.79 Å². The van der Waals surface area contributed by atoms with Gasteiger partial charge in [-0.05, 0) is 0 Å². The molecule has 1 N–H and O–H groups in total. The number of aliphatic carboxylic acids is 1. The van der Waals surface area contributed by atoms with E-state index in [2.05, 4.69) is 4.74 Å². The number of hydrogen-bond donors (Lipinski definition) is 1. The molecule has 0 aromatic rings. The average Bonchev–Trinajstić information content (AvgIpc) is 2.58. The van der Waals surface area contributed by atoms with E-state index in [1.807, 2.05) is 0 Å². The Morgan fingerprint density at radius 1 is 0.545 bits per heavy atom. The van der Waals surface area contributed by atoms with Crippen molar-refractivity contribution in [3.05, 3.63) is 0 Å². The second kappa shape index (κ2) is 8.79. The van der Waals surface area contributed by atoms with E-state index in [4.69, 9.17) is 5.11 Å². The molecule has 0 amide bonds. The van der Waals surface area contributed by atoms with Crippen LogP contribution in [-0.2, 0) is 9.53 Å². The molecule has 20 heteroatoms. The summed E-state index contributed by atoms with van der Waals surface area (Å²) in [5.74, 6) is -58.3. The van der Waals surface area contributed by atoms with Crippen LogP contribution in [-0.4, -0.2) is 71.9 Å². The Morgan fingerprint density at radius 3 is 1.21 bits per heavy atom. The van der Waals surface area contributed by atoms with Gasteiger partial charge < -0.3 is 9.84 Å². The van der Waals surface area contributed by atoms with Crippen LogP contribution in [0.3, 0.4) is 0 Å². The number of alkyl halides is 17. The normalized spacial score (nSPS) is 15.7. The standard InChI is InChI=1S/C13H9F17O3/c14-6(15,2-4-33-3-1-5(31)32)7(16,17)8(18,19)9(20,21)10(22,23)11(24,25)12(26,27)13(28,29)30/h1-4H2,(H,31,32). The molecular formula is C13H9F17O3. The second-order valence-electron chi connectivity index (χ2n) is 6.15. The minimum Gasteiger partial charge on any atom is -0.481 e. The highest BCUT2D eigenvalue weighted by atomic mass is 19.4. The SMILES string of the molecule is O=C(O)CCOCCC(F)(F)C(F)(F)C(F)(F)C(F)(F)C(F)(F)C(F)(F)C(F)(F)C(F)(F)F. The fourth-order valence-corrected chi connectivity index (χ4v) is 1.82.